The molecule has 160 valence electrons. The summed E-state index contributed by atoms with van der Waals surface area (Å²) >= 11 is 0. The number of hydrogen-bond donors (Lipinski definition) is 1. The Bertz CT molecular complexity index is 1080. The SMILES string of the molecule is Cc1ccc(NC(=O)c2cc(C(C)C)cnn2)cc1-c1cncc(N2CCOCC2)c1. The molecule has 1 aromatic carbocycles. The molecule has 0 aliphatic carbocycles. The van der Waals surface area contributed by atoms with E-state index in [0.29, 0.717) is 11.4 Å². The number of benzene rings is 1. The normalized spacial score (nSPS) is 14.0. The highest BCUT2D eigenvalue weighted by Gasteiger charge is 2.15. The molecule has 7 nitrogen and oxygen atoms in total. The van der Waals surface area contributed by atoms with Gasteiger partial charge in [0, 0.05) is 30.5 Å². The molecule has 4 rings (SSSR count). The molecule has 1 aliphatic heterocycles. The number of amides is 1. The van der Waals surface area contributed by atoms with Crippen LogP contribution in [0.15, 0.2) is 48.9 Å². The molecular weight excluding hydrogens is 390 g/mol. The van der Waals surface area contributed by atoms with E-state index in [-0.39, 0.29) is 11.8 Å². The van der Waals surface area contributed by atoms with Gasteiger partial charge in [-0.25, -0.2) is 0 Å². The van der Waals surface area contributed by atoms with Gasteiger partial charge in [-0.3, -0.25) is 9.78 Å². The highest BCUT2D eigenvalue weighted by atomic mass is 16.5. The molecule has 3 aromatic rings. The number of nitrogens with zero attached hydrogens (tertiary/aromatic N) is 4. The first-order valence-corrected chi connectivity index (χ1v) is 10.5. The van der Waals surface area contributed by atoms with Crippen molar-refractivity contribution in [3.8, 4) is 11.1 Å². The maximum absolute atomic E-state index is 12.7. The largest absolute Gasteiger partial charge is 0.378 e. The zero-order valence-electron chi connectivity index (χ0n) is 18.1. The summed E-state index contributed by atoms with van der Waals surface area (Å²) in [4.78, 5) is 19.5. The fraction of sp³-hybridized carbons (Fsp3) is 0.333. The monoisotopic (exact) mass is 417 g/mol. The van der Waals surface area contributed by atoms with Gasteiger partial charge in [0.05, 0.1) is 31.3 Å². The summed E-state index contributed by atoms with van der Waals surface area (Å²) in [6.07, 6.45) is 5.44. The van der Waals surface area contributed by atoms with Gasteiger partial charge in [0.15, 0.2) is 5.69 Å². The minimum absolute atomic E-state index is 0.273. The van der Waals surface area contributed by atoms with Crippen molar-refractivity contribution < 1.29 is 9.53 Å². The number of hydrogen-bond acceptors (Lipinski definition) is 6. The molecule has 1 amide bonds. The molecule has 0 spiro atoms. The van der Waals surface area contributed by atoms with Gasteiger partial charge in [-0.15, -0.1) is 5.10 Å². The number of aromatic nitrogens is 3. The predicted octanol–water partition coefficient (Wildman–Crippen LogP) is 4.06. The summed E-state index contributed by atoms with van der Waals surface area (Å²) in [6, 6.07) is 9.81. The van der Waals surface area contributed by atoms with E-state index in [4.69, 9.17) is 4.74 Å². The number of morpholine rings is 1. The Morgan fingerprint density at radius 3 is 2.68 bits per heavy atom. The molecule has 1 N–H and O–H groups in total. The third kappa shape index (κ3) is 4.88. The number of ether oxygens (including phenoxy) is 1. The number of pyridine rings is 1. The van der Waals surface area contributed by atoms with Crippen LogP contribution in [0.4, 0.5) is 11.4 Å². The molecule has 31 heavy (non-hydrogen) atoms. The molecular formula is C24H27N5O2. The standard InChI is InChI=1S/C24H27N5O2/c1-16(2)18-11-23(28-26-14-18)24(30)27-20-5-4-17(3)22(12-20)19-10-21(15-25-13-19)29-6-8-31-9-7-29/h4-5,10-16H,6-9H2,1-3H3,(H,27,30). The number of rotatable bonds is 5. The maximum Gasteiger partial charge on any atom is 0.276 e. The summed E-state index contributed by atoms with van der Waals surface area (Å²) in [5.74, 6) is 0.00395. The molecule has 0 bridgehead atoms. The molecule has 0 radical (unpaired) electrons. The summed E-state index contributed by atoms with van der Waals surface area (Å²) in [6.45, 7) is 9.35. The number of carbonyl (C=O) groups is 1. The Morgan fingerprint density at radius 2 is 1.90 bits per heavy atom. The van der Waals surface area contributed by atoms with Crippen LogP contribution >= 0.6 is 0 Å². The van der Waals surface area contributed by atoms with Crippen molar-refractivity contribution in [2.24, 2.45) is 0 Å². The van der Waals surface area contributed by atoms with Crippen LogP contribution in [0.1, 0.15) is 41.4 Å². The van der Waals surface area contributed by atoms with Gasteiger partial charge in [0.1, 0.15) is 0 Å². The Balaban J connectivity index is 1.58. The van der Waals surface area contributed by atoms with Crippen molar-refractivity contribution in [3.05, 3.63) is 65.7 Å². The summed E-state index contributed by atoms with van der Waals surface area (Å²) in [5.41, 5.74) is 6.23. The van der Waals surface area contributed by atoms with Gasteiger partial charge in [0.25, 0.3) is 5.91 Å². The van der Waals surface area contributed by atoms with Crippen LogP contribution in [0.25, 0.3) is 11.1 Å². The minimum atomic E-state index is -0.273. The molecule has 7 heteroatoms. The van der Waals surface area contributed by atoms with Crippen molar-refractivity contribution >= 4 is 17.3 Å². The average Bonchev–Trinajstić information content (AvgIpc) is 2.81. The molecule has 1 fully saturated rings. The van der Waals surface area contributed by atoms with Gasteiger partial charge >= 0.3 is 0 Å². The van der Waals surface area contributed by atoms with Crippen molar-refractivity contribution in [1.82, 2.24) is 15.2 Å². The first-order valence-electron chi connectivity index (χ1n) is 10.5. The van der Waals surface area contributed by atoms with Crippen molar-refractivity contribution in [3.63, 3.8) is 0 Å². The van der Waals surface area contributed by atoms with Crippen LogP contribution in [0, 0.1) is 6.92 Å². The van der Waals surface area contributed by atoms with E-state index in [9.17, 15) is 4.79 Å². The van der Waals surface area contributed by atoms with Gasteiger partial charge in [0.2, 0.25) is 0 Å². The van der Waals surface area contributed by atoms with Crippen molar-refractivity contribution in [2.75, 3.05) is 36.5 Å². The van der Waals surface area contributed by atoms with E-state index in [0.717, 1.165) is 54.2 Å². The van der Waals surface area contributed by atoms with Gasteiger partial charge < -0.3 is 15.0 Å². The summed E-state index contributed by atoms with van der Waals surface area (Å²) in [5, 5.41) is 10.9. The van der Waals surface area contributed by atoms with Crippen LogP contribution < -0.4 is 10.2 Å². The second-order valence-corrected chi connectivity index (χ2v) is 8.04. The molecule has 0 saturated carbocycles. The molecule has 3 heterocycles. The lowest BCUT2D eigenvalue weighted by Gasteiger charge is -2.28. The fourth-order valence-electron chi connectivity index (χ4n) is 3.58. The average molecular weight is 418 g/mol. The number of nitrogens with one attached hydrogen (secondary N) is 1. The second kappa shape index (κ2) is 9.22. The van der Waals surface area contributed by atoms with Gasteiger partial charge in [-0.05, 0) is 53.8 Å². The quantitative estimate of drug-likeness (QED) is 0.674. The Labute approximate surface area is 182 Å². The molecule has 2 aromatic heterocycles. The van der Waals surface area contributed by atoms with E-state index >= 15 is 0 Å². The highest BCUT2D eigenvalue weighted by Crippen LogP contribution is 2.29. The third-order valence-electron chi connectivity index (χ3n) is 5.48. The fourth-order valence-corrected chi connectivity index (χ4v) is 3.58. The van der Waals surface area contributed by atoms with Crippen LogP contribution in [-0.4, -0.2) is 47.4 Å². The Kier molecular flexibility index (Phi) is 6.23. The zero-order valence-corrected chi connectivity index (χ0v) is 18.1. The molecule has 1 aliphatic rings. The Morgan fingerprint density at radius 1 is 1.10 bits per heavy atom. The van der Waals surface area contributed by atoms with E-state index in [1.165, 1.54) is 0 Å². The van der Waals surface area contributed by atoms with E-state index in [1.807, 2.05) is 30.6 Å². The van der Waals surface area contributed by atoms with Crippen molar-refractivity contribution in [2.45, 2.75) is 26.7 Å². The van der Waals surface area contributed by atoms with Crippen LogP contribution in [0.3, 0.4) is 0 Å². The highest BCUT2D eigenvalue weighted by molar-refractivity contribution is 6.03. The lowest BCUT2D eigenvalue weighted by atomic mass is 10.0. The third-order valence-corrected chi connectivity index (χ3v) is 5.48. The lowest BCUT2D eigenvalue weighted by Crippen LogP contribution is -2.36. The minimum Gasteiger partial charge on any atom is -0.378 e. The van der Waals surface area contributed by atoms with Gasteiger partial charge in [-0.2, -0.15) is 5.10 Å². The second-order valence-electron chi connectivity index (χ2n) is 8.04. The smallest absolute Gasteiger partial charge is 0.276 e. The Hall–Kier alpha value is -3.32. The van der Waals surface area contributed by atoms with E-state index in [2.05, 4.69) is 52.2 Å². The van der Waals surface area contributed by atoms with Gasteiger partial charge in [-0.1, -0.05) is 19.9 Å². The molecule has 0 unspecified atom stereocenters. The first kappa shape index (κ1) is 20.9. The van der Waals surface area contributed by atoms with Crippen LogP contribution in [-0.2, 0) is 4.74 Å². The predicted molar refractivity (Wildman–Crippen MR) is 122 cm³/mol. The molecule has 0 atom stereocenters. The number of anilines is 2. The van der Waals surface area contributed by atoms with Crippen LogP contribution in [0.5, 0.6) is 0 Å². The topological polar surface area (TPSA) is 80.2 Å². The lowest BCUT2D eigenvalue weighted by molar-refractivity contribution is 0.102. The van der Waals surface area contributed by atoms with Crippen molar-refractivity contribution in [1.29, 1.82) is 0 Å². The summed E-state index contributed by atoms with van der Waals surface area (Å²) in [7, 11) is 0. The maximum atomic E-state index is 12.7. The number of carbonyl (C=O) groups excluding carboxylic acids is 1. The molecule has 1 saturated heterocycles. The summed E-state index contributed by atoms with van der Waals surface area (Å²) < 4.78 is 5.45. The zero-order chi connectivity index (χ0) is 21.8. The van der Waals surface area contributed by atoms with E-state index in [1.54, 1.807) is 12.3 Å². The number of aryl methyl sites for hydroxylation is 1. The van der Waals surface area contributed by atoms with Crippen LogP contribution in [0.2, 0.25) is 0 Å². The van der Waals surface area contributed by atoms with E-state index < -0.39 is 0 Å². The first-order chi connectivity index (χ1) is 15.0.